The van der Waals surface area contributed by atoms with E-state index in [1.54, 1.807) is 0 Å². The minimum atomic E-state index is -3.17. The molecule has 2 nitrogen and oxygen atoms in total. The van der Waals surface area contributed by atoms with Gasteiger partial charge in [0, 0.05) is 9.79 Å². The van der Waals surface area contributed by atoms with Crippen LogP contribution in [0.1, 0.15) is 37.5 Å². The molecule has 5 heteroatoms. The van der Waals surface area contributed by atoms with Crippen molar-refractivity contribution in [3.8, 4) is 5.75 Å². The summed E-state index contributed by atoms with van der Waals surface area (Å²) in [6, 6.07) is 24.2. The standard InChI is InChI=1S/C24H27O2PS2/c1-4-19-13-7-10-16-22(19)26-27(25,28-23-17-11-8-14-20(23)5-2)29-24-18-12-9-15-21(24)6-3/h7-18H,4-6H2,1-3H3. The van der Waals surface area contributed by atoms with Crippen molar-refractivity contribution in [2.45, 2.75) is 49.8 Å². The normalized spacial score (nSPS) is 11.4. The number of rotatable bonds is 9. The Morgan fingerprint density at radius 3 is 1.55 bits per heavy atom. The van der Waals surface area contributed by atoms with E-state index in [0.29, 0.717) is 5.75 Å². The van der Waals surface area contributed by atoms with E-state index >= 15 is 0 Å². The van der Waals surface area contributed by atoms with Crippen LogP contribution in [-0.4, -0.2) is 0 Å². The van der Waals surface area contributed by atoms with E-state index in [1.165, 1.54) is 33.9 Å². The molecule has 0 aromatic heterocycles. The van der Waals surface area contributed by atoms with Crippen LogP contribution in [0.15, 0.2) is 82.6 Å². The highest BCUT2D eigenvalue weighted by atomic mass is 33.1. The maximum atomic E-state index is 14.2. The monoisotopic (exact) mass is 442 g/mol. The molecule has 0 fully saturated rings. The molecule has 3 aromatic rings. The van der Waals surface area contributed by atoms with Crippen molar-refractivity contribution < 1.29 is 9.09 Å². The summed E-state index contributed by atoms with van der Waals surface area (Å²) in [7, 11) is 0. The zero-order valence-corrected chi connectivity index (χ0v) is 19.7. The molecular weight excluding hydrogens is 415 g/mol. The molecule has 0 aliphatic rings. The second-order valence-corrected chi connectivity index (χ2v) is 13.6. The SMILES string of the molecule is CCc1ccccc1OP(=O)(Sc1ccccc1CC)Sc1ccccc1CC. The molecule has 0 amide bonds. The van der Waals surface area contributed by atoms with Crippen LogP contribution >= 0.6 is 28.5 Å². The first-order valence-electron chi connectivity index (χ1n) is 10.0. The zero-order valence-electron chi connectivity index (χ0n) is 17.1. The van der Waals surface area contributed by atoms with Crippen LogP contribution in [0.25, 0.3) is 0 Å². The lowest BCUT2D eigenvalue weighted by atomic mass is 10.1. The molecule has 0 atom stereocenters. The third-order valence-corrected chi connectivity index (χ3v) is 11.1. The summed E-state index contributed by atoms with van der Waals surface area (Å²) in [4.78, 5) is 2.04. The highest BCUT2D eigenvalue weighted by molar-refractivity contribution is 8.89. The Balaban J connectivity index is 2.01. The largest absolute Gasteiger partial charge is 0.428 e. The molecule has 0 radical (unpaired) electrons. The Bertz CT molecular complexity index is 876. The van der Waals surface area contributed by atoms with Gasteiger partial charge < -0.3 is 4.52 Å². The van der Waals surface area contributed by atoms with E-state index in [1.807, 2.05) is 60.7 Å². The molecule has 0 saturated carbocycles. The highest BCUT2D eigenvalue weighted by Gasteiger charge is 2.31. The first-order chi connectivity index (χ1) is 14.1. The molecule has 3 rings (SSSR count). The molecular formula is C24H27O2PS2. The van der Waals surface area contributed by atoms with Gasteiger partial charge in [-0.15, -0.1) is 0 Å². The molecule has 29 heavy (non-hydrogen) atoms. The van der Waals surface area contributed by atoms with Gasteiger partial charge in [0.05, 0.1) is 0 Å². The average molecular weight is 443 g/mol. The molecule has 0 spiro atoms. The summed E-state index contributed by atoms with van der Waals surface area (Å²) in [5, 5.41) is 0. The van der Waals surface area contributed by atoms with E-state index in [-0.39, 0.29) is 0 Å². The van der Waals surface area contributed by atoms with Gasteiger partial charge in [0.15, 0.2) is 0 Å². The van der Waals surface area contributed by atoms with Crippen molar-refractivity contribution in [1.82, 2.24) is 0 Å². The minimum absolute atomic E-state index is 0.710. The predicted molar refractivity (Wildman–Crippen MR) is 127 cm³/mol. The van der Waals surface area contributed by atoms with Gasteiger partial charge >= 0.3 is 5.77 Å². The second kappa shape index (κ2) is 10.4. The van der Waals surface area contributed by atoms with Crippen molar-refractivity contribution in [2.24, 2.45) is 0 Å². The van der Waals surface area contributed by atoms with Gasteiger partial charge in [0.25, 0.3) is 0 Å². The van der Waals surface area contributed by atoms with Crippen LogP contribution in [-0.2, 0) is 23.8 Å². The highest BCUT2D eigenvalue weighted by Crippen LogP contribution is 2.74. The first kappa shape index (κ1) is 22.1. The number of aryl methyl sites for hydroxylation is 3. The molecule has 0 bridgehead atoms. The van der Waals surface area contributed by atoms with Crippen LogP contribution < -0.4 is 4.52 Å². The quantitative estimate of drug-likeness (QED) is 0.311. The van der Waals surface area contributed by atoms with Crippen LogP contribution in [0.4, 0.5) is 0 Å². The summed E-state index contributed by atoms with van der Waals surface area (Å²) in [5.41, 5.74) is 3.45. The zero-order chi connectivity index (χ0) is 20.7. The van der Waals surface area contributed by atoms with Crippen molar-refractivity contribution in [2.75, 3.05) is 0 Å². The molecule has 0 heterocycles. The minimum Gasteiger partial charge on any atom is -0.428 e. The van der Waals surface area contributed by atoms with Crippen LogP contribution in [0, 0.1) is 0 Å². The Hall–Kier alpha value is -1.61. The second-order valence-electron chi connectivity index (χ2n) is 6.60. The number of hydrogen-bond donors (Lipinski definition) is 0. The maximum Gasteiger partial charge on any atom is 0.369 e. The summed E-state index contributed by atoms with van der Waals surface area (Å²) in [6.45, 7) is 6.33. The molecule has 0 unspecified atom stereocenters. The van der Waals surface area contributed by atoms with E-state index in [0.717, 1.165) is 34.6 Å². The smallest absolute Gasteiger partial charge is 0.369 e. The van der Waals surface area contributed by atoms with Gasteiger partial charge in [-0.2, -0.15) is 0 Å². The van der Waals surface area contributed by atoms with Gasteiger partial charge in [-0.3, -0.25) is 4.57 Å². The van der Waals surface area contributed by atoms with Crippen molar-refractivity contribution in [1.29, 1.82) is 0 Å². The van der Waals surface area contributed by atoms with Gasteiger partial charge in [0.2, 0.25) is 0 Å². The fraction of sp³-hybridized carbons (Fsp3) is 0.250. The summed E-state index contributed by atoms with van der Waals surface area (Å²) in [6.07, 6.45) is 2.62. The molecule has 0 N–H and O–H groups in total. The number of benzene rings is 3. The van der Waals surface area contributed by atoms with E-state index in [9.17, 15) is 4.57 Å². The Morgan fingerprint density at radius 1 is 0.655 bits per heavy atom. The topological polar surface area (TPSA) is 26.3 Å². The van der Waals surface area contributed by atoms with Crippen molar-refractivity contribution >= 4 is 28.5 Å². The van der Waals surface area contributed by atoms with Crippen LogP contribution in [0.5, 0.6) is 5.75 Å². The van der Waals surface area contributed by atoms with Gasteiger partial charge in [-0.25, -0.2) is 0 Å². The fourth-order valence-electron chi connectivity index (χ4n) is 3.07. The lowest BCUT2D eigenvalue weighted by Crippen LogP contribution is -1.94. The van der Waals surface area contributed by atoms with Crippen molar-refractivity contribution in [3.05, 3.63) is 89.5 Å². The van der Waals surface area contributed by atoms with Crippen molar-refractivity contribution in [3.63, 3.8) is 0 Å². The predicted octanol–water partition coefficient (Wildman–Crippen LogP) is 8.45. The Kier molecular flexibility index (Phi) is 7.94. The average Bonchev–Trinajstić information content (AvgIpc) is 2.74. The third-order valence-electron chi connectivity index (χ3n) is 4.69. The molecule has 152 valence electrons. The van der Waals surface area contributed by atoms with Crippen LogP contribution in [0.3, 0.4) is 0 Å². The maximum absolute atomic E-state index is 14.2. The Morgan fingerprint density at radius 2 is 1.07 bits per heavy atom. The lowest BCUT2D eigenvalue weighted by molar-refractivity contribution is 0.512. The molecule has 0 aliphatic heterocycles. The van der Waals surface area contributed by atoms with Gasteiger partial charge in [-0.05, 0) is 76.9 Å². The first-order valence-corrected chi connectivity index (χ1v) is 14.5. The summed E-state index contributed by atoms with van der Waals surface area (Å²) < 4.78 is 20.5. The van der Waals surface area contributed by atoms with Crippen LogP contribution in [0.2, 0.25) is 0 Å². The lowest BCUT2D eigenvalue weighted by Gasteiger charge is -2.21. The number of hydrogen-bond acceptors (Lipinski definition) is 4. The summed E-state index contributed by atoms with van der Waals surface area (Å²) in [5.74, 6) is -2.46. The van der Waals surface area contributed by atoms with E-state index in [2.05, 4.69) is 32.9 Å². The summed E-state index contributed by atoms with van der Waals surface area (Å²) >= 11 is 2.73. The molecule has 0 saturated heterocycles. The van der Waals surface area contributed by atoms with E-state index in [4.69, 9.17) is 4.52 Å². The molecule has 3 aromatic carbocycles. The fourth-order valence-corrected chi connectivity index (χ4v) is 10.1. The Labute approximate surface area is 182 Å². The molecule has 0 aliphatic carbocycles. The van der Waals surface area contributed by atoms with Gasteiger partial charge in [0.1, 0.15) is 5.75 Å². The number of para-hydroxylation sites is 1. The van der Waals surface area contributed by atoms with E-state index < -0.39 is 5.77 Å². The van der Waals surface area contributed by atoms with Gasteiger partial charge in [-0.1, -0.05) is 75.4 Å². The third kappa shape index (κ3) is 5.72.